The number of ether oxygens (including phenoxy) is 2. The summed E-state index contributed by atoms with van der Waals surface area (Å²) in [5, 5.41) is 8.79. The van der Waals surface area contributed by atoms with Crippen LogP contribution in [0.5, 0.6) is 0 Å². The van der Waals surface area contributed by atoms with Crippen LogP contribution in [0.1, 0.15) is 50.5 Å². The lowest BCUT2D eigenvalue weighted by atomic mass is 9.96. The fraction of sp³-hybridized carbons (Fsp3) is 0.562. The SMILES string of the molecule is CCCCC1COC(c2ccc(C#N)cc2)OC1C. The Kier molecular flexibility index (Phi) is 4.95. The van der Waals surface area contributed by atoms with Crippen molar-refractivity contribution in [3.05, 3.63) is 35.4 Å². The van der Waals surface area contributed by atoms with E-state index in [0.29, 0.717) is 11.5 Å². The van der Waals surface area contributed by atoms with Gasteiger partial charge in [0.05, 0.1) is 24.3 Å². The monoisotopic (exact) mass is 259 g/mol. The van der Waals surface area contributed by atoms with Crippen molar-refractivity contribution in [2.24, 2.45) is 5.92 Å². The highest BCUT2D eigenvalue weighted by molar-refractivity contribution is 5.32. The molecular formula is C16H21NO2. The van der Waals surface area contributed by atoms with Crippen molar-refractivity contribution < 1.29 is 9.47 Å². The van der Waals surface area contributed by atoms with E-state index in [9.17, 15) is 0 Å². The molecule has 1 heterocycles. The molecule has 1 aliphatic rings. The summed E-state index contributed by atoms with van der Waals surface area (Å²) in [6, 6.07) is 9.53. The molecule has 1 aliphatic heterocycles. The highest BCUT2D eigenvalue weighted by atomic mass is 16.7. The summed E-state index contributed by atoms with van der Waals surface area (Å²) in [6.45, 7) is 5.08. The van der Waals surface area contributed by atoms with Crippen molar-refractivity contribution in [3.8, 4) is 6.07 Å². The number of hydrogen-bond acceptors (Lipinski definition) is 3. The Morgan fingerprint density at radius 1 is 1.32 bits per heavy atom. The number of rotatable bonds is 4. The fourth-order valence-corrected chi connectivity index (χ4v) is 2.37. The van der Waals surface area contributed by atoms with Crippen LogP contribution in [-0.4, -0.2) is 12.7 Å². The molecule has 0 spiro atoms. The molecular weight excluding hydrogens is 238 g/mol. The molecule has 1 saturated heterocycles. The maximum Gasteiger partial charge on any atom is 0.184 e. The summed E-state index contributed by atoms with van der Waals surface area (Å²) in [7, 11) is 0. The van der Waals surface area contributed by atoms with Crippen LogP contribution < -0.4 is 0 Å². The van der Waals surface area contributed by atoms with Crippen LogP contribution in [0.4, 0.5) is 0 Å². The van der Waals surface area contributed by atoms with E-state index in [-0.39, 0.29) is 12.4 Å². The Morgan fingerprint density at radius 3 is 2.63 bits per heavy atom. The zero-order valence-electron chi connectivity index (χ0n) is 11.6. The molecule has 1 fully saturated rings. The first kappa shape index (κ1) is 14.0. The third-order valence-electron chi connectivity index (χ3n) is 3.70. The molecule has 0 saturated carbocycles. The summed E-state index contributed by atoms with van der Waals surface area (Å²) in [5.74, 6) is 0.495. The molecule has 0 bridgehead atoms. The summed E-state index contributed by atoms with van der Waals surface area (Å²) >= 11 is 0. The predicted molar refractivity (Wildman–Crippen MR) is 73.4 cm³/mol. The van der Waals surface area contributed by atoms with Crippen molar-refractivity contribution >= 4 is 0 Å². The van der Waals surface area contributed by atoms with Crippen LogP contribution in [0.2, 0.25) is 0 Å². The second kappa shape index (κ2) is 6.70. The second-order valence-corrected chi connectivity index (χ2v) is 5.14. The van der Waals surface area contributed by atoms with Gasteiger partial charge >= 0.3 is 0 Å². The van der Waals surface area contributed by atoms with Crippen molar-refractivity contribution in [2.75, 3.05) is 6.61 Å². The fourth-order valence-electron chi connectivity index (χ4n) is 2.37. The average molecular weight is 259 g/mol. The van der Waals surface area contributed by atoms with Gasteiger partial charge in [0.1, 0.15) is 0 Å². The van der Waals surface area contributed by atoms with Crippen LogP contribution in [0, 0.1) is 17.2 Å². The Labute approximate surface area is 115 Å². The zero-order valence-corrected chi connectivity index (χ0v) is 11.6. The van der Waals surface area contributed by atoms with Gasteiger partial charge in [-0.05, 0) is 25.5 Å². The summed E-state index contributed by atoms with van der Waals surface area (Å²) < 4.78 is 11.8. The molecule has 0 aliphatic carbocycles. The molecule has 19 heavy (non-hydrogen) atoms. The molecule has 3 heteroatoms. The van der Waals surface area contributed by atoms with Gasteiger partial charge in [0.25, 0.3) is 0 Å². The molecule has 2 rings (SSSR count). The normalized spacial score (nSPS) is 26.9. The van der Waals surface area contributed by atoms with Gasteiger partial charge in [-0.15, -0.1) is 0 Å². The van der Waals surface area contributed by atoms with Crippen molar-refractivity contribution in [3.63, 3.8) is 0 Å². The smallest absolute Gasteiger partial charge is 0.184 e. The van der Waals surface area contributed by atoms with Crippen LogP contribution in [0.15, 0.2) is 24.3 Å². The average Bonchev–Trinajstić information content (AvgIpc) is 2.46. The van der Waals surface area contributed by atoms with Gasteiger partial charge in [0.2, 0.25) is 0 Å². The molecule has 0 N–H and O–H groups in total. The third kappa shape index (κ3) is 3.56. The number of hydrogen-bond donors (Lipinski definition) is 0. The topological polar surface area (TPSA) is 42.2 Å². The number of unbranched alkanes of at least 4 members (excludes halogenated alkanes) is 1. The van der Waals surface area contributed by atoms with Gasteiger partial charge in [-0.3, -0.25) is 0 Å². The molecule has 3 nitrogen and oxygen atoms in total. The van der Waals surface area contributed by atoms with E-state index in [1.165, 1.54) is 12.8 Å². The van der Waals surface area contributed by atoms with Gasteiger partial charge < -0.3 is 9.47 Å². The molecule has 3 atom stereocenters. The molecule has 102 valence electrons. The molecule has 3 unspecified atom stereocenters. The van der Waals surface area contributed by atoms with Gasteiger partial charge in [-0.25, -0.2) is 0 Å². The Bertz CT molecular complexity index is 435. The number of benzene rings is 1. The highest BCUT2D eigenvalue weighted by Gasteiger charge is 2.29. The van der Waals surface area contributed by atoms with Crippen LogP contribution in [-0.2, 0) is 9.47 Å². The summed E-state index contributed by atoms with van der Waals surface area (Å²) in [5.41, 5.74) is 1.65. The molecule has 0 radical (unpaired) electrons. The minimum absolute atomic E-state index is 0.223. The molecule has 1 aromatic rings. The zero-order chi connectivity index (χ0) is 13.7. The van der Waals surface area contributed by atoms with Gasteiger partial charge in [-0.1, -0.05) is 31.9 Å². The molecule has 0 amide bonds. The van der Waals surface area contributed by atoms with Gasteiger partial charge in [0.15, 0.2) is 6.29 Å². The van der Waals surface area contributed by atoms with E-state index in [0.717, 1.165) is 18.6 Å². The first-order chi connectivity index (χ1) is 9.24. The lowest BCUT2D eigenvalue weighted by Crippen LogP contribution is -2.34. The number of nitriles is 1. The predicted octanol–water partition coefficient (Wildman–Crippen LogP) is 3.80. The van der Waals surface area contributed by atoms with Crippen molar-refractivity contribution in [1.82, 2.24) is 0 Å². The minimum Gasteiger partial charge on any atom is -0.348 e. The second-order valence-electron chi connectivity index (χ2n) is 5.14. The van der Waals surface area contributed by atoms with E-state index in [1.807, 2.05) is 12.1 Å². The van der Waals surface area contributed by atoms with E-state index in [2.05, 4.69) is 19.9 Å². The number of nitrogens with zero attached hydrogens (tertiary/aromatic N) is 1. The molecule has 1 aromatic carbocycles. The van der Waals surface area contributed by atoms with Crippen LogP contribution >= 0.6 is 0 Å². The highest BCUT2D eigenvalue weighted by Crippen LogP contribution is 2.31. The maximum absolute atomic E-state index is 8.79. The lowest BCUT2D eigenvalue weighted by Gasteiger charge is -2.35. The van der Waals surface area contributed by atoms with E-state index in [1.54, 1.807) is 12.1 Å². The standard InChI is InChI=1S/C16H21NO2/c1-3-4-5-15-11-18-16(19-12(15)2)14-8-6-13(10-17)7-9-14/h6-9,12,15-16H,3-5,11H2,1-2H3. The van der Waals surface area contributed by atoms with E-state index < -0.39 is 0 Å². The largest absolute Gasteiger partial charge is 0.348 e. The van der Waals surface area contributed by atoms with Crippen LogP contribution in [0.25, 0.3) is 0 Å². The Morgan fingerprint density at radius 2 is 2.05 bits per heavy atom. The van der Waals surface area contributed by atoms with Gasteiger partial charge in [0, 0.05) is 11.5 Å². The quantitative estimate of drug-likeness (QED) is 0.826. The summed E-state index contributed by atoms with van der Waals surface area (Å²) in [6.07, 6.45) is 3.53. The van der Waals surface area contributed by atoms with E-state index >= 15 is 0 Å². The first-order valence-electron chi connectivity index (χ1n) is 7.01. The maximum atomic E-state index is 8.79. The summed E-state index contributed by atoms with van der Waals surface area (Å²) in [4.78, 5) is 0. The van der Waals surface area contributed by atoms with Crippen molar-refractivity contribution in [1.29, 1.82) is 5.26 Å². The van der Waals surface area contributed by atoms with Crippen LogP contribution in [0.3, 0.4) is 0 Å². The minimum atomic E-state index is -0.291. The van der Waals surface area contributed by atoms with Crippen molar-refractivity contribution in [2.45, 2.75) is 45.5 Å². The third-order valence-corrected chi connectivity index (χ3v) is 3.70. The van der Waals surface area contributed by atoms with E-state index in [4.69, 9.17) is 14.7 Å². The van der Waals surface area contributed by atoms with Gasteiger partial charge in [-0.2, -0.15) is 5.26 Å². The molecule has 0 aromatic heterocycles. The lowest BCUT2D eigenvalue weighted by molar-refractivity contribution is -0.237. The Balaban J connectivity index is 1.95. The Hall–Kier alpha value is -1.37. The first-order valence-corrected chi connectivity index (χ1v) is 7.01.